The predicted octanol–water partition coefficient (Wildman–Crippen LogP) is 3.08. The van der Waals surface area contributed by atoms with E-state index in [4.69, 9.17) is 0 Å². The highest BCUT2D eigenvalue weighted by molar-refractivity contribution is 9.10. The van der Waals surface area contributed by atoms with Gasteiger partial charge in [-0.1, -0.05) is 28.1 Å². The Morgan fingerprint density at radius 3 is 2.76 bits per heavy atom. The first-order valence-electron chi connectivity index (χ1n) is 9.36. The van der Waals surface area contributed by atoms with Crippen LogP contribution in [0.1, 0.15) is 29.6 Å². The summed E-state index contributed by atoms with van der Waals surface area (Å²) in [5, 5.41) is 6.19. The fourth-order valence-electron chi connectivity index (χ4n) is 3.01. The summed E-state index contributed by atoms with van der Waals surface area (Å²) in [6, 6.07) is 12.4. The van der Waals surface area contributed by atoms with Crippen LogP contribution in [0.25, 0.3) is 10.9 Å². The van der Waals surface area contributed by atoms with Crippen molar-refractivity contribution in [1.82, 2.24) is 14.9 Å². The molecule has 2 N–H and O–H groups in total. The number of rotatable bonds is 6. The molecule has 8 heteroatoms. The van der Waals surface area contributed by atoms with Gasteiger partial charge < -0.3 is 10.6 Å². The van der Waals surface area contributed by atoms with Crippen LogP contribution in [0.3, 0.4) is 0 Å². The van der Waals surface area contributed by atoms with E-state index >= 15 is 0 Å². The highest BCUT2D eigenvalue weighted by Crippen LogP contribution is 2.21. The number of halogens is 1. The summed E-state index contributed by atoms with van der Waals surface area (Å²) in [6.07, 6.45) is 3.51. The van der Waals surface area contributed by atoms with Crippen LogP contribution in [-0.4, -0.2) is 27.4 Å². The van der Waals surface area contributed by atoms with Crippen LogP contribution in [0.5, 0.6) is 0 Å². The number of carbonyl (C=O) groups excluding carboxylic acids is 2. The van der Waals surface area contributed by atoms with Crippen LogP contribution >= 0.6 is 15.9 Å². The molecule has 0 unspecified atom stereocenters. The number of aryl methyl sites for hydroxylation is 1. The van der Waals surface area contributed by atoms with E-state index in [0.717, 1.165) is 17.3 Å². The molecule has 1 saturated carbocycles. The summed E-state index contributed by atoms with van der Waals surface area (Å²) in [5.74, 6) is -0.471. The predicted molar refractivity (Wildman–Crippen MR) is 114 cm³/mol. The molecule has 1 aliphatic carbocycles. The highest BCUT2D eigenvalue weighted by atomic mass is 79.9. The molecule has 2 aromatic carbocycles. The first-order valence-corrected chi connectivity index (χ1v) is 10.1. The molecule has 0 aliphatic heterocycles. The maximum atomic E-state index is 12.6. The average Bonchev–Trinajstić information content (AvgIpc) is 3.52. The minimum absolute atomic E-state index is 0.0830. The van der Waals surface area contributed by atoms with Crippen molar-refractivity contribution in [1.29, 1.82) is 0 Å². The van der Waals surface area contributed by atoms with Crippen LogP contribution < -0.4 is 16.2 Å². The van der Waals surface area contributed by atoms with Crippen molar-refractivity contribution in [2.24, 2.45) is 0 Å². The summed E-state index contributed by atoms with van der Waals surface area (Å²) < 4.78 is 2.21. The second kappa shape index (κ2) is 8.16. The van der Waals surface area contributed by atoms with Gasteiger partial charge in [-0.2, -0.15) is 0 Å². The van der Waals surface area contributed by atoms with Crippen molar-refractivity contribution in [2.75, 3.05) is 5.32 Å². The average molecular weight is 455 g/mol. The summed E-state index contributed by atoms with van der Waals surface area (Å²) in [6.45, 7) is 0.191. The van der Waals surface area contributed by atoms with E-state index in [-0.39, 0.29) is 36.4 Å². The molecular weight excluding hydrogens is 436 g/mol. The molecule has 0 bridgehead atoms. The van der Waals surface area contributed by atoms with Gasteiger partial charge in [0.25, 0.3) is 11.5 Å². The van der Waals surface area contributed by atoms with E-state index in [2.05, 4.69) is 31.5 Å². The van der Waals surface area contributed by atoms with Gasteiger partial charge >= 0.3 is 0 Å². The van der Waals surface area contributed by atoms with Gasteiger partial charge in [-0.05, 0) is 43.2 Å². The fourth-order valence-corrected chi connectivity index (χ4v) is 3.37. The quantitative estimate of drug-likeness (QED) is 0.598. The molecule has 2 amide bonds. The minimum Gasteiger partial charge on any atom is -0.349 e. The minimum atomic E-state index is -0.280. The smallest absolute Gasteiger partial charge is 0.261 e. The van der Waals surface area contributed by atoms with E-state index < -0.39 is 0 Å². The third kappa shape index (κ3) is 4.54. The van der Waals surface area contributed by atoms with Gasteiger partial charge in [-0.25, -0.2) is 4.98 Å². The maximum absolute atomic E-state index is 12.6. The van der Waals surface area contributed by atoms with Crippen molar-refractivity contribution < 1.29 is 9.59 Å². The molecular formula is C21H19BrN4O3. The molecule has 1 fully saturated rings. The zero-order chi connectivity index (χ0) is 20.4. The van der Waals surface area contributed by atoms with Gasteiger partial charge in [-0.15, -0.1) is 0 Å². The molecule has 7 nitrogen and oxygen atoms in total. The van der Waals surface area contributed by atoms with Crippen molar-refractivity contribution in [3.8, 4) is 0 Å². The molecule has 1 aromatic heterocycles. The lowest BCUT2D eigenvalue weighted by molar-refractivity contribution is -0.116. The number of anilines is 1. The first kappa shape index (κ1) is 19.3. The van der Waals surface area contributed by atoms with Gasteiger partial charge in [0.05, 0.1) is 28.5 Å². The van der Waals surface area contributed by atoms with Gasteiger partial charge in [0, 0.05) is 23.5 Å². The number of aromatic nitrogens is 2. The zero-order valence-electron chi connectivity index (χ0n) is 15.5. The van der Waals surface area contributed by atoms with Crippen LogP contribution in [0.2, 0.25) is 0 Å². The zero-order valence-corrected chi connectivity index (χ0v) is 17.1. The van der Waals surface area contributed by atoms with Gasteiger partial charge in [-0.3, -0.25) is 19.0 Å². The van der Waals surface area contributed by atoms with Crippen LogP contribution in [0.4, 0.5) is 5.69 Å². The number of hydrogen-bond acceptors (Lipinski definition) is 4. The molecule has 29 heavy (non-hydrogen) atoms. The summed E-state index contributed by atoms with van der Waals surface area (Å²) in [4.78, 5) is 41.7. The lowest BCUT2D eigenvalue weighted by Gasteiger charge is -2.12. The number of hydrogen-bond donors (Lipinski definition) is 2. The van der Waals surface area contributed by atoms with Gasteiger partial charge in [0.1, 0.15) is 0 Å². The Balaban J connectivity index is 1.45. The molecule has 0 saturated heterocycles. The Morgan fingerprint density at radius 2 is 1.97 bits per heavy atom. The third-order valence-electron chi connectivity index (χ3n) is 4.72. The molecule has 0 radical (unpaired) electrons. The number of amides is 2. The molecule has 0 spiro atoms. The van der Waals surface area contributed by atoms with Gasteiger partial charge in [0.15, 0.2) is 0 Å². The summed E-state index contributed by atoms with van der Waals surface area (Å²) in [7, 11) is 0. The molecule has 0 atom stereocenters. The Hall–Kier alpha value is -3.00. The molecule has 1 heterocycles. The van der Waals surface area contributed by atoms with E-state index in [9.17, 15) is 14.4 Å². The van der Waals surface area contributed by atoms with Crippen LogP contribution in [-0.2, 0) is 11.3 Å². The molecule has 3 aromatic rings. The van der Waals surface area contributed by atoms with Crippen LogP contribution in [0, 0.1) is 0 Å². The van der Waals surface area contributed by atoms with E-state index in [1.807, 2.05) is 6.07 Å². The Bertz CT molecular complexity index is 1150. The van der Waals surface area contributed by atoms with Crippen LogP contribution in [0.15, 0.2) is 58.1 Å². The van der Waals surface area contributed by atoms with E-state index in [1.54, 1.807) is 36.4 Å². The number of nitrogens with one attached hydrogen (secondary N) is 2. The van der Waals surface area contributed by atoms with Gasteiger partial charge in [0.2, 0.25) is 5.91 Å². The molecule has 1 aliphatic rings. The lowest BCUT2D eigenvalue weighted by Crippen LogP contribution is -2.27. The van der Waals surface area contributed by atoms with Crippen molar-refractivity contribution in [3.05, 3.63) is 69.2 Å². The topological polar surface area (TPSA) is 93.1 Å². The fraction of sp³-hybridized carbons (Fsp3) is 0.238. The number of para-hydroxylation sites is 1. The first-order chi connectivity index (χ1) is 14.0. The SMILES string of the molecule is O=C(CCn1cnc2ccc(Br)cc2c1=O)Nc1ccccc1C(=O)NC1CC1. The summed E-state index contributed by atoms with van der Waals surface area (Å²) >= 11 is 3.35. The normalized spacial score (nSPS) is 13.3. The van der Waals surface area contributed by atoms with E-state index in [0.29, 0.717) is 22.2 Å². The van der Waals surface area contributed by atoms with Crippen molar-refractivity contribution in [2.45, 2.75) is 31.8 Å². The Morgan fingerprint density at radius 1 is 1.17 bits per heavy atom. The Labute approximate surface area is 175 Å². The largest absolute Gasteiger partial charge is 0.349 e. The monoisotopic (exact) mass is 454 g/mol. The Kier molecular flexibility index (Phi) is 5.44. The molecule has 148 valence electrons. The standard InChI is InChI=1S/C21H19BrN4O3/c22-13-5-8-17-16(11-13)21(29)26(12-23-17)10-9-19(27)25-18-4-2-1-3-15(18)20(28)24-14-6-7-14/h1-5,8,11-12,14H,6-7,9-10H2,(H,24,28)(H,25,27). The lowest BCUT2D eigenvalue weighted by atomic mass is 10.1. The summed E-state index contributed by atoms with van der Waals surface area (Å²) in [5.41, 5.74) is 1.30. The van der Waals surface area contributed by atoms with Crippen molar-refractivity contribution >= 4 is 44.3 Å². The number of benzene rings is 2. The van der Waals surface area contributed by atoms with E-state index in [1.165, 1.54) is 10.9 Å². The van der Waals surface area contributed by atoms with Crippen molar-refractivity contribution in [3.63, 3.8) is 0 Å². The number of nitrogens with zero attached hydrogens (tertiary/aromatic N) is 2. The third-order valence-corrected chi connectivity index (χ3v) is 5.22. The second-order valence-electron chi connectivity index (χ2n) is 7.00. The number of carbonyl (C=O) groups is 2. The second-order valence-corrected chi connectivity index (χ2v) is 7.91. The maximum Gasteiger partial charge on any atom is 0.261 e. The number of fused-ring (bicyclic) bond motifs is 1. The highest BCUT2D eigenvalue weighted by Gasteiger charge is 2.25. The molecule has 4 rings (SSSR count).